The van der Waals surface area contributed by atoms with Crippen LogP contribution in [0.15, 0.2) is 48.8 Å². The topological polar surface area (TPSA) is 35.0 Å². The second kappa shape index (κ2) is 13.4. The fourth-order valence-electron chi connectivity index (χ4n) is 3.42. The molecule has 2 rings (SSSR count). The number of unbranched alkanes of at least 4 members (excludes halogenated alkanes) is 6. The highest BCUT2D eigenvalue weighted by molar-refractivity contribution is 5.10. The van der Waals surface area contributed by atoms with Crippen LogP contribution in [-0.4, -0.2) is 9.97 Å². The summed E-state index contributed by atoms with van der Waals surface area (Å²) in [5, 5.41) is 0. The molecule has 2 atom stereocenters. The molecule has 27 heavy (non-hydrogen) atoms. The van der Waals surface area contributed by atoms with Crippen molar-refractivity contribution >= 4 is 0 Å². The molecular formula is C24H36N2O. The summed E-state index contributed by atoms with van der Waals surface area (Å²) in [4.78, 5) is 9.18. The maximum atomic E-state index is 6.66. The van der Waals surface area contributed by atoms with E-state index >= 15 is 0 Å². The van der Waals surface area contributed by atoms with Crippen LogP contribution in [-0.2, 0) is 4.74 Å². The molecule has 2 heterocycles. The van der Waals surface area contributed by atoms with Gasteiger partial charge >= 0.3 is 0 Å². The van der Waals surface area contributed by atoms with Crippen LogP contribution in [0.25, 0.3) is 0 Å². The lowest BCUT2D eigenvalue weighted by Gasteiger charge is -2.25. The van der Waals surface area contributed by atoms with Gasteiger partial charge in [-0.15, -0.1) is 0 Å². The Morgan fingerprint density at radius 2 is 1.15 bits per heavy atom. The van der Waals surface area contributed by atoms with Crippen LogP contribution in [0.4, 0.5) is 0 Å². The molecule has 0 bridgehead atoms. The Hall–Kier alpha value is -1.74. The van der Waals surface area contributed by atoms with E-state index in [4.69, 9.17) is 4.74 Å². The van der Waals surface area contributed by atoms with Crippen molar-refractivity contribution in [2.75, 3.05) is 0 Å². The minimum absolute atomic E-state index is 0.0428. The lowest BCUT2D eigenvalue weighted by molar-refractivity contribution is -0.0306. The standard InChI is InChI=1S/C24H36N2O/c1-3-5-7-9-17-23(21-15-11-13-19-25-21)27-24(18-10-8-6-4-2)22-16-12-14-20-26-22/h11-16,19-20,23-24H,3-10,17-18H2,1-2H3. The number of ether oxygens (including phenoxy) is 1. The van der Waals surface area contributed by atoms with E-state index in [1.165, 1.54) is 51.4 Å². The highest BCUT2D eigenvalue weighted by atomic mass is 16.5. The van der Waals surface area contributed by atoms with Gasteiger partial charge in [0.2, 0.25) is 0 Å². The molecule has 2 aromatic rings. The summed E-state index contributed by atoms with van der Waals surface area (Å²) in [6.45, 7) is 4.50. The molecule has 0 radical (unpaired) electrons. The highest BCUT2D eigenvalue weighted by Crippen LogP contribution is 2.32. The molecule has 0 aromatic carbocycles. The molecular weight excluding hydrogens is 332 g/mol. The normalized spacial score (nSPS) is 13.4. The van der Waals surface area contributed by atoms with Gasteiger partial charge in [0, 0.05) is 12.4 Å². The van der Waals surface area contributed by atoms with Gasteiger partial charge in [-0.25, -0.2) is 0 Å². The van der Waals surface area contributed by atoms with Crippen molar-refractivity contribution in [3.63, 3.8) is 0 Å². The molecule has 0 fully saturated rings. The third kappa shape index (κ3) is 8.21. The van der Waals surface area contributed by atoms with Crippen LogP contribution in [0.2, 0.25) is 0 Å². The van der Waals surface area contributed by atoms with Crippen LogP contribution < -0.4 is 0 Å². The zero-order valence-corrected chi connectivity index (χ0v) is 17.1. The number of hydrogen-bond acceptors (Lipinski definition) is 3. The summed E-state index contributed by atoms with van der Waals surface area (Å²) in [5.74, 6) is 0. The molecule has 0 spiro atoms. The van der Waals surface area contributed by atoms with Crippen molar-refractivity contribution in [2.24, 2.45) is 0 Å². The Morgan fingerprint density at radius 1 is 0.667 bits per heavy atom. The molecule has 148 valence electrons. The molecule has 0 aliphatic rings. The zero-order valence-electron chi connectivity index (χ0n) is 17.1. The SMILES string of the molecule is CCCCCCC(OC(CCCCCC)c1ccccn1)c1ccccn1. The molecule has 3 heteroatoms. The second-order valence-corrected chi connectivity index (χ2v) is 7.32. The predicted molar refractivity (Wildman–Crippen MR) is 113 cm³/mol. The molecule has 0 aliphatic heterocycles. The summed E-state index contributed by atoms with van der Waals surface area (Å²) in [5.41, 5.74) is 2.09. The smallest absolute Gasteiger partial charge is 0.100 e. The lowest BCUT2D eigenvalue weighted by Crippen LogP contribution is -2.13. The van der Waals surface area contributed by atoms with Crippen molar-refractivity contribution in [1.29, 1.82) is 0 Å². The molecule has 3 nitrogen and oxygen atoms in total. The van der Waals surface area contributed by atoms with Gasteiger partial charge in [0.05, 0.1) is 11.4 Å². The summed E-state index contributed by atoms with van der Waals surface area (Å²) in [6, 6.07) is 12.2. The van der Waals surface area contributed by atoms with Gasteiger partial charge in [-0.05, 0) is 37.1 Å². The molecule has 0 saturated carbocycles. The van der Waals surface area contributed by atoms with Crippen LogP contribution >= 0.6 is 0 Å². The molecule has 2 unspecified atom stereocenters. The van der Waals surface area contributed by atoms with Crippen molar-refractivity contribution in [1.82, 2.24) is 9.97 Å². The summed E-state index contributed by atoms with van der Waals surface area (Å²) in [7, 11) is 0. The molecule has 0 aliphatic carbocycles. The first-order chi connectivity index (χ1) is 13.3. The fourth-order valence-corrected chi connectivity index (χ4v) is 3.42. The Bertz CT molecular complexity index is 534. The number of pyridine rings is 2. The van der Waals surface area contributed by atoms with Crippen LogP contribution in [0.1, 0.15) is 102 Å². The van der Waals surface area contributed by atoms with Gasteiger partial charge in [-0.1, -0.05) is 77.3 Å². The van der Waals surface area contributed by atoms with E-state index in [9.17, 15) is 0 Å². The minimum atomic E-state index is 0.0428. The van der Waals surface area contributed by atoms with Gasteiger partial charge in [-0.2, -0.15) is 0 Å². The van der Waals surface area contributed by atoms with E-state index in [0.29, 0.717) is 0 Å². The first kappa shape index (κ1) is 21.6. The van der Waals surface area contributed by atoms with Crippen LogP contribution in [0.3, 0.4) is 0 Å². The third-order valence-electron chi connectivity index (χ3n) is 5.00. The van der Waals surface area contributed by atoms with E-state index in [0.717, 1.165) is 24.2 Å². The number of nitrogens with zero attached hydrogens (tertiary/aromatic N) is 2. The van der Waals surface area contributed by atoms with Crippen LogP contribution in [0.5, 0.6) is 0 Å². The van der Waals surface area contributed by atoms with Gasteiger partial charge in [0.15, 0.2) is 0 Å². The average molecular weight is 369 g/mol. The van der Waals surface area contributed by atoms with E-state index in [1.807, 2.05) is 24.5 Å². The lowest BCUT2D eigenvalue weighted by atomic mass is 10.0. The van der Waals surface area contributed by atoms with Gasteiger partial charge in [-0.3, -0.25) is 9.97 Å². The summed E-state index contributed by atoms with van der Waals surface area (Å²) < 4.78 is 6.66. The van der Waals surface area contributed by atoms with E-state index in [1.54, 1.807) is 0 Å². The van der Waals surface area contributed by atoms with Crippen molar-refractivity contribution in [3.8, 4) is 0 Å². The third-order valence-corrected chi connectivity index (χ3v) is 5.00. The fraction of sp³-hybridized carbons (Fsp3) is 0.583. The maximum Gasteiger partial charge on any atom is 0.100 e. The van der Waals surface area contributed by atoms with E-state index in [2.05, 4.69) is 48.1 Å². The van der Waals surface area contributed by atoms with Crippen LogP contribution in [0, 0.1) is 0 Å². The minimum Gasteiger partial charge on any atom is -0.362 e. The molecule has 0 saturated heterocycles. The summed E-state index contributed by atoms with van der Waals surface area (Å²) >= 11 is 0. The zero-order chi connectivity index (χ0) is 19.2. The Labute approximate surface area is 165 Å². The molecule has 0 N–H and O–H groups in total. The van der Waals surface area contributed by atoms with Crippen molar-refractivity contribution in [3.05, 3.63) is 60.2 Å². The Kier molecular flexibility index (Phi) is 10.7. The first-order valence-corrected chi connectivity index (χ1v) is 10.8. The van der Waals surface area contributed by atoms with Gasteiger partial charge in [0.25, 0.3) is 0 Å². The monoisotopic (exact) mass is 368 g/mol. The summed E-state index contributed by atoms with van der Waals surface area (Å²) in [6.07, 6.45) is 15.8. The van der Waals surface area contributed by atoms with Crippen molar-refractivity contribution in [2.45, 2.75) is 90.3 Å². The van der Waals surface area contributed by atoms with Crippen molar-refractivity contribution < 1.29 is 4.74 Å². The van der Waals surface area contributed by atoms with Gasteiger partial charge < -0.3 is 4.74 Å². The number of hydrogen-bond donors (Lipinski definition) is 0. The number of rotatable bonds is 14. The quantitative estimate of drug-likeness (QED) is 0.330. The first-order valence-electron chi connectivity index (χ1n) is 10.8. The highest BCUT2D eigenvalue weighted by Gasteiger charge is 2.21. The predicted octanol–water partition coefficient (Wildman–Crippen LogP) is 7.22. The number of aromatic nitrogens is 2. The molecule has 0 amide bonds. The van der Waals surface area contributed by atoms with E-state index < -0.39 is 0 Å². The van der Waals surface area contributed by atoms with Gasteiger partial charge in [0.1, 0.15) is 12.2 Å². The average Bonchev–Trinajstić information content (AvgIpc) is 2.73. The molecule has 2 aromatic heterocycles. The Balaban J connectivity index is 2.07. The Morgan fingerprint density at radius 3 is 1.52 bits per heavy atom. The largest absolute Gasteiger partial charge is 0.362 e. The second-order valence-electron chi connectivity index (χ2n) is 7.32. The van der Waals surface area contributed by atoms with E-state index in [-0.39, 0.29) is 12.2 Å². The maximum absolute atomic E-state index is 6.66.